The van der Waals surface area contributed by atoms with E-state index >= 15 is 0 Å². The van der Waals surface area contributed by atoms with Crippen LogP contribution in [0.5, 0.6) is 0 Å². The number of carbonyl (C=O) groups excluding carboxylic acids is 1. The molecule has 0 radical (unpaired) electrons. The Morgan fingerprint density at radius 1 is 1.50 bits per heavy atom. The van der Waals surface area contributed by atoms with Crippen molar-refractivity contribution in [3.8, 4) is 11.8 Å². The molecule has 1 unspecified atom stereocenters. The molecule has 0 aliphatic rings. The summed E-state index contributed by atoms with van der Waals surface area (Å²) in [5.41, 5.74) is 2.24. The van der Waals surface area contributed by atoms with Crippen LogP contribution in [-0.4, -0.2) is 35.7 Å². The number of aliphatic hydroxyl groups is 1. The number of amides is 1. The number of thioether (sulfide) groups is 1. The lowest BCUT2D eigenvalue weighted by molar-refractivity contribution is 0.0953. The van der Waals surface area contributed by atoms with Gasteiger partial charge in [-0.15, -0.1) is 0 Å². The van der Waals surface area contributed by atoms with Crippen molar-refractivity contribution in [1.29, 1.82) is 0 Å². The average Bonchev–Trinajstić information content (AvgIpc) is 2.45. The molecule has 1 aromatic rings. The lowest BCUT2D eigenvalue weighted by Crippen LogP contribution is -2.26. The van der Waals surface area contributed by atoms with Crippen molar-refractivity contribution in [2.24, 2.45) is 0 Å². The van der Waals surface area contributed by atoms with Crippen molar-refractivity contribution in [2.75, 3.05) is 19.4 Å². The van der Waals surface area contributed by atoms with Crippen molar-refractivity contribution in [3.05, 3.63) is 34.9 Å². The van der Waals surface area contributed by atoms with Gasteiger partial charge in [0, 0.05) is 17.4 Å². The van der Waals surface area contributed by atoms with Crippen LogP contribution in [0.2, 0.25) is 0 Å². The van der Waals surface area contributed by atoms with E-state index in [1.165, 1.54) is 0 Å². The Labute approximate surface area is 125 Å². The third-order valence-corrected chi connectivity index (χ3v) is 4.00. The molecule has 3 nitrogen and oxygen atoms in total. The van der Waals surface area contributed by atoms with Gasteiger partial charge in [-0.1, -0.05) is 30.4 Å². The van der Waals surface area contributed by atoms with Crippen molar-refractivity contribution in [3.63, 3.8) is 0 Å². The second-order valence-corrected chi connectivity index (χ2v) is 5.88. The van der Waals surface area contributed by atoms with Crippen molar-refractivity contribution < 1.29 is 9.90 Å². The normalized spacial score (nSPS) is 11.4. The number of aliphatic hydroxyl groups excluding tert-OH is 1. The van der Waals surface area contributed by atoms with Crippen molar-refractivity contribution in [2.45, 2.75) is 25.5 Å². The molecule has 0 aliphatic carbocycles. The summed E-state index contributed by atoms with van der Waals surface area (Å²) in [4.78, 5) is 12.2. The summed E-state index contributed by atoms with van der Waals surface area (Å²) in [7, 11) is 0. The van der Waals surface area contributed by atoms with Crippen LogP contribution >= 0.6 is 11.8 Å². The number of rotatable bonds is 5. The lowest BCUT2D eigenvalue weighted by atomic mass is 10.0. The molecule has 1 rings (SSSR count). The van der Waals surface area contributed by atoms with Gasteiger partial charge in [0.2, 0.25) is 0 Å². The zero-order chi connectivity index (χ0) is 15.0. The van der Waals surface area contributed by atoms with Gasteiger partial charge < -0.3 is 10.4 Å². The van der Waals surface area contributed by atoms with E-state index in [-0.39, 0.29) is 12.5 Å². The van der Waals surface area contributed by atoms with Crippen LogP contribution in [0.25, 0.3) is 0 Å². The molecule has 0 fully saturated rings. The van der Waals surface area contributed by atoms with Crippen LogP contribution in [0.1, 0.15) is 34.8 Å². The van der Waals surface area contributed by atoms with Crippen LogP contribution in [0, 0.1) is 18.8 Å². The Morgan fingerprint density at radius 3 is 2.90 bits per heavy atom. The standard InChI is InChI=1S/C16H21NO2S/c1-12-6-7-14(5-4-10-18)15(11-12)16(19)17-9-8-13(2)20-3/h6-7,11,13,18H,8-10H2,1-3H3,(H,17,19). The maximum Gasteiger partial charge on any atom is 0.252 e. The third-order valence-electron chi connectivity index (χ3n) is 2.96. The minimum atomic E-state index is -0.208. The first-order valence-electron chi connectivity index (χ1n) is 6.60. The molecule has 1 aromatic carbocycles. The predicted octanol–water partition coefficient (Wildman–Crippen LogP) is 2.21. The van der Waals surface area contributed by atoms with E-state index in [0.29, 0.717) is 22.9 Å². The fraction of sp³-hybridized carbons (Fsp3) is 0.438. The Kier molecular flexibility index (Phi) is 7.21. The molecule has 0 saturated heterocycles. The van der Waals surface area contributed by atoms with E-state index in [2.05, 4.69) is 30.3 Å². The monoisotopic (exact) mass is 291 g/mol. The fourth-order valence-electron chi connectivity index (χ4n) is 1.69. The highest BCUT2D eigenvalue weighted by Crippen LogP contribution is 2.12. The van der Waals surface area contributed by atoms with E-state index in [0.717, 1.165) is 12.0 Å². The zero-order valence-corrected chi connectivity index (χ0v) is 13.0. The number of carbonyl (C=O) groups is 1. The number of hydrogen-bond donors (Lipinski definition) is 2. The second-order valence-electron chi connectivity index (χ2n) is 4.60. The maximum atomic E-state index is 12.2. The van der Waals surface area contributed by atoms with Gasteiger partial charge in [0.1, 0.15) is 6.61 Å². The number of hydrogen-bond acceptors (Lipinski definition) is 3. The number of benzene rings is 1. The summed E-state index contributed by atoms with van der Waals surface area (Å²) in [6, 6.07) is 5.56. The molecular formula is C16H21NO2S. The summed E-state index contributed by atoms with van der Waals surface area (Å²) in [6.45, 7) is 4.53. The molecule has 0 aromatic heterocycles. The van der Waals surface area contributed by atoms with Gasteiger partial charge in [-0.2, -0.15) is 11.8 Å². The summed E-state index contributed by atoms with van der Waals surface area (Å²) in [5.74, 6) is 5.29. The highest BCUT2D eigenvalue weighted by molar-refractivity contribution is 7.99. The van der Waals surface area contributed by atoms with Gasteiger partial charge >= 0.3 is 0 Å². The van der Waals surface area contributed by atoms with Crippen LogP contribution in [0.4, 0.5) is 0 Å². The quantitative estimate of drug-likeness (QED) is 0.818. The van der Waals surface area contributed by atoms with Gasteiger partial charge in [0.05, 0.1) is 5.56 Å². The first kappa shape index (κ1) is 16.6. The van der Waals surface area contributed by atoms with Crippen molar-refractivity contribution in [1.82, 2.24) is 5.32 Å². The first-order chi connectivity index (χ1) is 9.58. The van der Waals surface area contributed by atoms with E-state index in [1.54, 1.807) is 11.8 Å². The molecule has 4 heteroatoms. The third kappa shape index (κ3) is 5.28. The highest BCUT2D eigenvalue weighted by atomic mass is 32.2. The summed E-state index contributed by atoms with van der Waals surface area (Å²) < 4.78 is 0. The van der Waals surface area contributed by atoms with Gasteiger partial charge in [0.15, 0.2) is 0 Å². The maximum absolute atomic E-state index is 12.2. The second kappa shape index (κ2) is 8.68. The van der Waals surface area contributed by atoms with E-state index in [1.807, 2.05) is 25.1 Å². The molecule has 1 amide bonds. The molecule has 1 atom stereocenters. The Balaban J connectivity index is 2.78. The largest absolute Gasteiger partial charge is 0.384 e. The predicted molar refractivity (Wildman–Crippen MR) is 85.1 cm³/mol. The van der Waals surface area contributed by atoms with E-state index in [4.69, 9.17) is 5.11 Å². The molecule has 0 bridgehead atoms. The smallest absolute Gasteiger partial charge is 0.252 e. The van der Waals surface area contributed by atoms with Gasteiger partial charge in [-0.05, 0) is 31.7 Å². The molecule has 0 aliphatic heterocycles. The lowest BCUT2D eigenvalue weighted by Gasteiger charge is -2.10. The van der Waals surface area contributed by atoms with Gasteiger partial charge in [0.25, 0.3) is 5.91 Å². The first-order valence-corrected chi connectivity index (χ1v) is 7.88. The Bertz CT molecular complexity index is 517. The minimum absolute atomic E-state index is 0.107. The zero-order valence-electron chi connectivity index (χ0n) is 12.2. The number of nitrogens with one attached hydrogen (secondary N) is 1. The van der Waals surface area contributed by atoms with E-state index in [9.17, 15) is 4.79 Å². The Morgan fingerprint density at radius 2 is 2.25 bits per heavy atom. The molecule has 108 valence electrons. The summed E-state index contributed by atoms with van der Waals surface area (Å²) in [6.07, 6.45) is 3.01. The molecule has 0 heterocycles. The van der Waals surface area contributed by atoms with Gasteiger partial charge in [-0.25, -0.2) is 0 Å². The van der Waals surface area contributed by atoms with Crippen LogP contribution in [0.15, 0.2) is 18.2 Å². The highest BCUT2D eigenvalue weighted by Gasteiger charge is 2.10. The van der Waals surface area contributed by atoms with Crippen LogP contribution in [0.3, 0.4) is 0 Å². The summed E-state index contributed by atoms with van der Waals surface area (Å²) >= 11 is 1.79. The average molecular weight is 291 g/mol. The topological polar surface area (TPSA) is 49.3 Å². The molecule has 20 heavy (non-hydrogen) atoms. The molecule has 0 spiro atoms. The van der Waals surface area contributed by atoms with Crippen LogP contribution < -0.4 is 5.32 Å². The SMILES string of the molecule is CSC(C)CCNC(=O)c1cc(C)ccc1C#CCO. The minimum Gasteiger partial charge on any atom is -0.384 e. The van der Waals surface area contributed by atoms with Crippen LogP contribution in [-0.2, 0) is 0 Å². The van der Waals surface area contributed by atoms with Crippen molar-refractivity contribution >= 4 is 17.7 Å². The fourth-order valence-corrected chi connectivity index (χ4v) is 2.05. The summed E-state index contributed by atoms with van der Waals surface area (Å²) in [5, 5.41) is 12.2. The van der Waals surface area contributed by atoms with Gasteiger partial charge in [-0.3, -0.25) is 4.79 Å². The Hall–Kier alpha value is -1.44. The van der Waals surface area contributed by atoms with E-state index < -0.39 is 0 Å². The number of aryl methyl sites for hydroxylation is 1. The molecule has 2 N–H and O–H groups in total. The molecular weight excluding hydrogens is 270 g/mol. The molecule has 0 saturated carbocycles.